The third-order valence-electron chi connectivity index (χ3n) is 4.51. The van der Waals surface area contributed by atoms with Crippen molar-refractivity contribution in [2.75, 3.05) is 19.7 Å². The van der Waals surface area contributed by atoms with Crippen molar-refractivity contribution in [3.63, 3.8) is 0 Å². The number of aliphatic hydroxyl groups excluding tert-OH is 1. The molecule has 0 aromatic carbocycles. The van der Waals surface area contributed by atoms with Gasteiger partial charge in [-0.25, -0.2) is 19.7 Å². The van der Waals surface area contributed by atoms with Gasteiger partial charge in [0.25, 0.3) is 0 Å². The second-order valence-electron chi connectivity index (χ2n) is 7.92. The van der Waals surface area contributed by atoms with Crippen LogP contribution in [0, 0.1) is 0 Å². The summed E-state index contributed by atoms with van der Waals surface area (Å²) >= 11 is 7.33. The molecule has 1 aliphatic heterocycles. The van der Waals surface area contributed by atoms with E-state index in [-0.39, 0.29) is 29.7 Å². The summed E-state index contributed by atoms with van der Waals surface area (Å²) < 4.78 is 5.45. The number of likely N-dealkylation sites (tertiary alicyclic amines) is 1. The van der Waals surface area contributed by atoms with E-state index in [9.17, 15) is 15.0 Å². The molecular formula is C19H25ClN4O4S. The van der Waals surface area contributed by atoms with Crippen LogP contribution in [0.5, 0.6) is 5.75 Å². The van der Waals surface area contributed by atoms with Crippen LogP contribution in [0.15, 0.2) is 6.20 Å². The molecular weight excluding hydrogens is 416 g/mol. The minimum absolute atomic E-state index is 0.0355. The smallest absolute Gasteiger partial charge is 0.410 e. The predicted octanol–water partition coefficient (Wildman–Crippen LogP) is 3.61. The minimum Gasteiger partial charge on any atom is -0.504 e. The molecule has 0 aliphatic carbocycles. The summed E-state index contributed by atoms with van der Waals surface area (Å²) in [6.07, 6.45) is 2.84. The monoisotopic (exact) mass is 440 g/mol. The summed E-state index contributed by atoms with van der Waals surface area (Å²) in [5, 5.41) is 20.5. The average Bonchev–Trinajstić information content (AvgIpc) is 3.06. The molecule has 10 heteroatoms. The summed E-state index contributed by atoms with van der Waals surface area (Å²) in [5.41, 5.74) is 0.480. The molecule has 0 saturated carbocycles. The van der Waals surface area contributed by atoms with Crippen LogP contribution in [0.1, 0.15) is 50.2 Å². The van der Waals surface area contributed by atoms with Crippen LogP contribution in [0.2, 0.25) is 5.28 Å². The van der Waals surface area contributed by atoms with Crippen LogP contribution in [0.3, 0.4) is 0 Å². The van der Waals surface area contributed by atoms with Gasteiger partial charge in [0.1, 0.15) is 11.3 Å². The highest BCUT2D eigenvalue weighted by Gasteiger charge is 2.30. The van der Waals surface area contributed by atoms with E-state index < -0.39 is 5.60 Å². The first-order chi connectivity index (χ1) is 13.7. The quantitative estimate of drug-likeness (QED) is 0.699. The maximum Gasteiger partial charge on any atom is 0.410 e. The zero-order valence-electron chi connectivity index (χ0n) is 16.7. The standard InChI is InChI=1S/C19H25ClN4O4S/c1-19(2,3)28-18(27)24-7-4-11(5-8-24)16-22-12(6-9-25)15(29-16)14-13(26)10-21-17(20)23-14/h10-11,25-26H,4-9H2,1-3H3. The summed E-state index contributed by atoms with van der Waals surface area (Å²) in [4.78, 5) is 27.3. The van der Waals surface area contributed by atoms with Crippen molar-refractivity contribution in [1.29, 1.82) is 0 Å². The summed E-state index contributed by atoms with van der Waals surface area (Å²) in [6, 6.07) is 0. The summed E-state index contributed by atoms with van der Waals surface area (Å²) in [6.45, 7) is 6.68. The SMILES string of the molecule is CC(C)(C)OC(=O)N1CCC(c2nc(CCO)c(-c3nc(Cl)ncc3O)s2)CC1. The van der Waals surface area contributed by atoms with Crippen LogP contribution >= 0.6 is 22.9 Å². The molecule has 0 radical (unpaired) electrons. The number of halogens is 1. The zero-order valence-corrected chi connectivity index (χ0v) is 18.3. The molecule has 1 aliphatic rings. The van der Waals surface area contributed by atoms with Gasteiger partial charge in [0.05, 0.1) is 21.8 Å². The Hall–Kier alpha value is -1.97. The number of hydrogen-bond donors (Lipinski definition) is 2. The Balaban J connectivity index is 1.77. The first-order valence-electron chi connectivity index (χ1n) is 9.48. The number of thiazole rings is 1. The number of aliphatic hydroxyl groups is 1. The molecule has 1 saturated heterocycles. The minimum atomic E-state index is -0.516. The van der Waals surface area contributed by atoms with Crippen molar-refractivity contribution in [2.24, 2.45) is 0 Å². The van der Waals surface area contributed by atoms with Crippen molar-refractivity contribution in [3.8, 4) is 16.3 Å². The maximum absolute atomic E-state index is 12.3. The Morgan fingerprint density at radius 2 is 2.03 bits per heavy atom. The van der Waals surface area contributed by atoms with Crippen molar-refractivity contribution < 1.29 is 19.7 Å². The zero-order chi connectivity index (χ0) is 21.2. The molecule has 3 heterocycles. The number of aromatic nitrogens is 3. The Morgan fingerprint density at radius 1 is 1.34 bits per heavy atom. The lowest BCUT2D eigenvalue weighted by Crippen LogP contribution is -2.41. The van der Waals surface area contributed by atoms with E-state index in [0.717, 1.165) is 17.8 Å². The van der Waals surface area contributed by atoms with Crippen LogP contribution in [0.25, 0.3) is 10.6 Å². The van der Waals surface area contributed by atoms with Crippen molar-refractivity contribution >= 4 is 29.0 Å². The number of aromatic hydroxyl groups is 1. The first kappa shape index (κ1) is 21.7. The number of nitrogens with zero attached hydrogens (tertiary/aromatic N) is 4. The molecule has 8 nitrogen and oxygen atoms in total. The van der Waals surface area contributed by atoms with Gasteiger partial charge in [-0.15, -0.1) is 11.3 Å². The summed E-state index contributed by atoms with van der Waals surface area (Å²) in [7, 11) is 0. The number of piperidine rings is 1. The molecule has 29 heavy (non-hydrogen) atoms. The Labute approximate surface area is 178 Å². The number of hydrogen-bond acceptors (Lipinski definition) is 8. The molecule has 2 N–H and O–H groups in total. The van der Waals surface area contributed by atoms with Gasteiger partial charge in [0.2, 0.25) is 5.28 Å². The number of carbonyl (C=O) groups is 1. The number of rotatable bonds is 4. The van der Waals surface area contributed by atoms with Crippen LogP contribution < -0.4 is 0 Å². The van der Waals surface area contributed by atoms with Crippen molar-refractivity contribution in [3.05, 3.63) is 22.2 Å². The van der Waals surface area contributed by atoms with Gasteiger partial charge in [-0.2, -0.15) is 0 Å². The highest BCUT2D eigenvalue weighted by Crippen LogP contribution is 2.40. The van der Waals surface area contributed by atoms with Crippen LogP contribution in [-0.4, -0.2) is 61.5 Å². The van der Waals surface area contributed by atoms with Gasteiger partial charge in [-0.05, 0) is 45.2 Å². The van der Waals surface area contributed by atoms with E-state index in [4.69, 9.17) is 21.3 Å². The Morgan fingerprint density at radius 3 is 2.66 bits per heavy atom. The molecule has 158 valence electrons. The van der Waals surface area contributed by atoms with Crippen LogP contribution in [0.4, 0.5) is 4.79 Å². The van der Waals surface area contributed by atoms with Gasteiger partial charge in [-0.1, -0.05) is 0 Å². The van der Waals surface area contributed by atoms with Gasteiger partial charge >= 0.3 is 6.09 Å². The molecule has 2 aromatic rings. The molecule has 0 atom stereocenters. The number of carbonyl (C=O) groups excluding carboxylic acids is 1. The molecule has 0 unspecified atom stereocenters. The topological polar surface area (TPSA) is 109 Å². The van der Waals surface area contributed by atoms with Crippen molar-refractivity contribution in [2.45, 2.75) is 51.6 Å². The van der Waals surface area contributed by atoms with E-state index in [1.807, 2.05) is 20.8 Å². The second-order valence-corrected chi connectivity index (χ2v) is 9.28. The molecule has 2 aromatic heterocycles. The Bertz CT molecular complexity index is 876. The van der Waals surface area contributed by atoms with E-state index in [1.165, 1.54) is 17.5 Å². The van der Waals surface area contributed by atoms with E-state index >= 15 is 0 Å². The lowest BCUT2D eigenvalue weighted by atomic mass is 9.98. The lowest BCUT2D eigenvalue weighted by Gasteiger charge is -2.32. The van der Waals surface area contributed by atoms with E-state index in [1.54, 1.807) is 4.90 Å². The molecule has 1 fully saturated rings. The van der Waals surface area contributed by atoms with Gasteiger partial charge < -0.3 is 19.8 Å². The highest BCUT2D eigenvalue weighted by molar-refractivity contribution is 7.15. The summed E-state index contributed by atoms with van der Waals surface area (Å²) in [5.74, 6) is 0.105. The largest absolute Gasteiger partial charge is 0.504 e. The molecule has 0 spiro atoms. The number of ether oxygens (including phenoxy) is 1. The van der Waals surface area contributed by atoms with Crippen molar-refractivity contribution in [1.82, 2.24) is 19.9 Å². The normalized spacial score (nSPS) is 15.6. The van der Waals surface area contributed by atoms with E-state index in [2.05, 4.69) is 9.97 Å². The molecule has 1 amide bonds. The Kier molecular flexibility index (Phi) is 6.60. The number of amides is 1. The fourth-order valence-electron chi connectivity index (χ4n) is 3.16. The van der Waals surface area contributed by atoms with Gasteiger partial charge in [-0.3, -0.25) is 0 Å². The van der Waals surface area contributed by atoms with Gasteiger partial charge in [0.15, 0.2) is 5.75 Å². The maximum atomic E-state index is 12.3. The highest BCUT2D eigenvalue weighted by atomic mass is 35.5. The lowest BCUT2D eigenvalue weighted by molar-refractivity contribution is 0.0204. The van der Waals surface area contributed by atoms with Crippen LogP contribution in [-0.2, 0) is 11.2 Å². The van der Waals surface area contributed by atoms with Gasteiger partial charge in [0, 0.05) is 32.0 Å². The average molecular weight is 441 g/mol. The fourth-order valence-corrected chi connectivity index (χ4v) is 4.57. The second kappa shape index (κ2) is 8.81. The predicted molar refractivity (Wildman–Crippen MR) is 110 cm³/mol. The fraction of sp³-hybridized carbons (Fsp3) is 0.579. The third-order valence-corrected chi connectivity index (χ3v) is 5.96. The third kappa shape index (κ3) is 5.34. The first-order valence-corrected chi connectivity index (χ1v) is 10.7. The van der Waals surface area contributed by atoms with E-state index in [0.29, 0.717) is 35.8 Å². The molecule has 3 rings (SSSR count). The molecule has 0 bridgehead atoms.